The van der Waals surface area contributed by atoms with Crippen LogP contribution in [0.5, 0.6) is 0 Å². The molecule has 2 heterocycles. The lowest BCUT2D eigenvalue weighted by Gasteiger charge is -2.20. The average Bonchev–Trinajstić information content (AvgIpc) is 3.13. The molecule has 6 nitrogen and oxygen atoms in total. The second-order valence-electron chi connectivity index (χ2n) is 7.05. The summed E-state index contributed by atoms with van der Waals surface area (Å²) in [5.41, 5.74) is 2.50. The Bertz CT molecular complexity index is 652. The molecule has 2 aliphatic carbocycles. The van der Waals surface area contributed by atoms with E-state index in [0.29, 0.717) is 18.5 Å². The standard InChI is InChI=1S/C17H25N5O/c1-22-11-14(16(21-22)13-5-3-2-4-6-13)10-18-17-20-19-15(23-17)9-12-7-8-12/h11-13H,2-10H2,1H3,(H,18,20). The Balaban J connectivity index is 1.40. The lowest BCUT2D eigenvalue weighted by molar-refractivity contribution is 0.432. The fourth-order valence-corrected chi connectivity index (χ4v) is 3.56. The van der Waals surface area contributed by atoms with Gasteiger partial charge in [0.05, 0.1) is 5.69 Å². The van der Waals surface area contributed by atoms with Gasteiger partial charge in [0.15, 0.2) is 0 Å². The lowest BCUT2D eigenvalue weighted by atomic mass is 9.85. The summed E-state index contributed by atoms with van der Waals surface area (Å²) in [7, 11) is 2.00. The normalized spacial score (nSPS) is 19.2. The van der Waals surface area contributed by atoms with E-state index in [1.807, 2.05) is 11.7 Å². The van der Waals surface area contributed by atoms with Gasteiger partial charge < -0.3 is 9.73 Å². The van der Waals surface area contributed by atoms with E-state index in [1.165, 1.54) is 56.2 Å². The number of hydrogen-bond donors (Lipinski definition) is 1. The SMILES string of the molecule is Cn1cc(CNc2nnc(CC3CC3)o2)c(C2CCCCC2)n1. The Morgan fingerprint density at radius 2 is 2.00 bits per heavy atom. The van der Waals surface area contributed by atoms with Crippen LogP contribution in [0, 0.1) is 5.92 Å². The molecule has 2 saturated carbocycles. The van der Waals surface area contributed by atoms with Gasteiger partial charge in [-0.05, 0) is 31.6 Å². The molecule has 0 saturated heterocycles. The molecular weight excluding hydrogens is 290 g/mol. The second-order valence-corrected chi connectivity index (χ2v) is 7.05. The molecule has 2 aromatic rings. The monoisotopic (exact) mass is 315 g/mol. The molecule has 23 heavy (non-hydrogen) atoms. The summed E-state index contributed by atoms with van der Waals surface area (Å²) in [5, 5.41) is 16.2. The zero-order chi connectivity index (χ0) is 15.6. The minimum Gasteiger partial charge on any atom is -0.408 e. The molecule has 0 aromatic carbocycles. The van der Waals surface area contributed by atoms with Crippen molar-refractivity contribution in [2.45, 2.75) is 63.8 Å². The number of aryl methyl sites for hydroxylation is 1. The van der Waals surface area contributed by atoms with Gasteiger partial charge in [0, 0.05) is 37.7 Å². The topological polar surface area (TPSA) is 68.8 Å². The van der Waals surface area contributed by atoms with Crippen molar-refractivity contribution in [2.24, 2.45) is 13.0 Å². The molecule has 124 valence electrons. The van der Waals surface area contributed by atoms with E-state index in [-0.39, 0.29) is 0 Å². The van der Waals surface area contributed by atoms with Crippen molar-refractivity contribution in [2.75, 3.05) is 5.32 Å². The van der Waals surface area contributed by atoms with Crippen LogP contribution < -0.4 is 5.32 Å². The second kappa shape index (κ2) is 6.34. The summed E-state index contributed by atoms with van der Waals surface area (Å²) < 4.78 is 7.61. The highest BCUT2D eigenvalue weighted by molar-refractivity contribution is 5.27. The molecule has 0 aliphatic heterocycles. The molecule has 1 N–H and O–H groups in total. The predicted octanol–water partition coefficient (Wildman–Crippen LogP) is 3.42. The van der Waals surface area contributed by atoms with Gasteiger partial charge in [0.2, 0.25) is 5.89 Å². The molecule has 0 bridgehead atoms. The molecule has 0 unspecified atom stereocenters. The number of nitrogens with zero attached hydrogens (tertiary/aromatic N) is 4. The van der Waals surface area contributed by atoms with Gasteiger partial charge in [-0.15, -0.1) is 5.10 Å². The van der Waals surface area contributed by atoms with Gasteiger partial charge in [-0.2, -0.15) is 5.10 Å². The highest BCUT2D eigenvalue weighted by Gasteiger charge is 2.25. The van der Waals surface area contributed by atoms with E-state index in [1.54, 1.807) is 0 Å². The van der Waals surface area contributed by atoms with E-state index in [2.05, 4.69) is 21.7 Å². The van der Waals surface area contributed by atoms with Crippen molar-refractivity contribution >= 4 is 6.01 Å². The minimum atomic E-state index is 0.527. The lowest BCUT2D eigenvalue weighted by Crippen LogP contribution is -2.09. The molecule has 0 spiro atoms. The van der Waals surface area contributed by atoms with Gasteiger partial charge in [0.25, 0.3) is 0 Å². The number of aromatic nitrogens is 4. The Hall–Kier alpha value is -1.85. The van der Waals surface area contributed by atoms with Crippen LogP contribution in [0.3, 0.4) is 0 Å². The third kappa shape index (κ3) is 3.57. The Morgan fingerprint density at radius 3 is 2.78 bits per heavy atom. The Kier molecular flexibility index (Phi) is 4.06. The summed E-state index contributed by atoms with van der Waals surface area (Å²) in [6, 6.07) is 0.527. The van der Waals surface area contributed by atoms with Crippen molar-refractivity contribution in [1.82, 2.24) is 20.0 Å². The number of rotatable bonds is 6. The van der Waals surface area contributed by atoms with Crippen LogP contribution in [0.2, 0.25) is 0 Å². The summed E-state index contributed by atoms with van der Waals surface area (Å²) in [6.45, 7) is 0.699. The first-order chi connectivity index (χ1) is 11.3. The number of hydrogen-bond acceptors (Lipinski definition) is 5. The minimum absolute atomic E-state index is 0.527. The van der Waals surface area contributed by atoms with Gasteiger partial charge in [-0.3, -0.25) is 4.68 Å². The van der Waals surface area contributed by atoms with E-state index < -0.39 is 0 Å². The Labute approximate surface area is 136 Å². The smallest absolute Gasteiger partial charge is 0.315 e. The third-order valence-corrected chi connectivity index (χ3v) is 4.99. The van der Waals surface area contributed by atoms with E-state index in [4.69, 9.17) is 9.52 Å². The molecular formula is C17H25N5O. The first-order valence-electron chi connectivity index (χ1n) is 8.86. The van der Waals surface area contributed by atoms with Crippen LogP contribution >= 0.6 is 0 Å². The zero-order valence-electron chi connectivity index (χ0n) is 13.8. The highest BCUT2D eigenvalue weighted by Crippen LogP contribution is 2.34. The Morgan fingerprint density at radius 1 is 1.17 bits per heavy atom. The van der Waals surface area contributed by atoms with Crippen molar-refractivity contribution in [1.29, 1.82) is 0 Å². The van der Waals surface area contributed by atoms with Gasteiger partial charge in [-0.25, -0.2) is 0 Å². The van der Waals surface area contributed by atoms with Crippen LogP contribution in [-0.4, -0.2) is 20.0 Å². The summed E-state index contributed by atoms with van der Waals surface area (Å²) in [6.07, 6.45) is 12.2. The molecule has 2 fully saturated rings. The molecule has 0 amide bonds. The van der Waals surface area contributed by atoms with Crippen LogP contribution in [-0.2, 0) is 20.0 Å². The largest absolute Gasteiger partial charge is 0.408 e. The van der Waals surface area contributed by atoms with Crippen LogP contribution in [0.15, 0.2) is 10.6 Å². The fraction of sp³-hybridized carbons (Fsp3) is 0.706. The van der Waals surface area contributed by atoms with E-state index in [0.717, 1.165) is 18.2 Å². The molecule has 0 radical (unpaired) electrons. The quantitative estimate of drug-likeness (QED) is 0.884. The van der Waals surface area contributed by atoms with Gasteiger partial charge in [-0.1, -0.05) is 24.4 Å². The maximum Gasteiger partial charge on any atom is 0.315 e. The van der Waals surface area contributed by atoms with Crippen molar-refractivity contribution in [3.63, 3.8) is 0 Å². The molecule has 2 aliphatic rings. The average molecular weight is 315 g/mol. The van der Waals surface area contributed by atoms with Crippen molar-refractivity contribution in [3.05, 3.63) is 23.3 Å². The van der Waals surface area contributed by atoms with Crippen molar-refractivity contribution < 1.29 is 4.42 Å². The van der Waals surface area contributed by atoms with Crippen molar-refractivity contribution in [3.8, 4) is 0 Å². The van der Waals surface area contributed by atoms with E-state index in [9.17, 15) is 0 Å². The molecule has 4 rings (SSSR count). The number of nitrogens with one attached hydrogen (secondary N) is 1. The number of anilines is 1. The van der Waals surface area contributed by atoms with Crippen LogP contribution in [0.4, 0.5) is 6.01 Å². The maximum atomic E-state index is 5.69. The maximum absolute atomic E-state index is 5.69. The van der Waals surface area contributed by atoms with Crippen LogP contribution in [0.1, 0.15) is 68.0 Å². The summed E-state index contributed by atoms with van der Waals surface area (Å²) in [5.74, 6) is 2.13. The van der Waals surface area contributed by atoms with Gasteiger partial charge in [0.1, 0.15) is 0 Å². The first-order valence-corrected chi connectivity index (χ1v) is 8.86. The predicted molar refractivity (Wildman–Crippen MR) is 87.1 cm³/mol. The first kappa shape index (κ1) is 14.7. The summed E-state index contributed by atoms with van der Waals surface area (Å²) >= 11 is 0. The molecule has 2 aromatic heterocycles. The van der Waals surface area contributed by atoms with E-state index >= 15 is 0 Å². The fourth-order valence-electron chi connectivity index (χ4n) is 3.56. The van der Waals surface area contributed by atoms with Crippen LogP contribution in [0.25, 0.3) is 0 Å². The highest BCUT2D eigenvalue weighted by atomic mass is 16.4. The van der Waals surface area contributed by atoms with Gasteiger partial charge >= 0.3 is 6.01 Å². The summed E-state index contributed by atoms with van der Waals surface area (Å²) in [4.78, 5) is 0. The zero-order valence-corrected chi connectivity index (χ0v) is 13.8. The molecule has 6 heteroatoms. The molecule has 0 atom stereocenters. The third-order valence-electron chi connectivity index (χ3n) is 4.99.